The molecule has 0 saturated carbocycles. The summed E-state index contributed by atoms with van der Waals surface area (Å²) >= 11 is 0. The fourth-order valence-corrected chi connectivity index (χ4v) is 3.43. The molecule has 0 spiro atoms. The molecule has 2 aromatic rings. The molecule has 0 aromatic heterocycles. The predicted octanol–water partition coefficient (Wildman–Crippen LogP) is 2.60. The smallest absolute Gasteiger partial charge is 0.338 e. The lowest BCUT2D eigenvalue weighted by Gasteiger charge is -2.07. The van der Waals surface area contributed by atoms with Gasteiger partial charge >= 0.3 is 5.97 Å². The van der Waals surface area contributed by atoms with Gasteiger partial charge in [-0.3, -0.25) is 0 Å². The standard InChI is InChI=1S/C17H19NO4S/c1-13-4-2-5-16(12-13)23(20,21)11-3-10-22-17(19)14-6-8-15(18)9-7-14/h2,4-9,12H,3,10-11,18H2,1H3. The van der Waals surface area contributed by atoms with Crippen LogP contribution in [0.4, 0.5) is 5.69 Å². The van der Waals surface area contributed by atoms with Crippen LogP contribution >= 0.6 is 0 Å². The van der Waals surface area contributed by atoms with E-state index in [-0.39, 0.29) is 18.8 Å². The maximum Gasteiger partial charge on any atom is 0.338 e. The van der Waals surface area contributed by atoms with Crippen molar-refractivity contribution in [3.8, 4) is 0 Å². The summed E-state index contributed by atoms with van der Waals surface area (Å²) < 4.78 is 29.4. The minimum absolute atomic E-state index is 0.0499. The van der Waals surface area contributed by atoms with Gasteiger partial charge in [0.1, 0.15) is 0 Å². The topological polar surface area (TPSA) is 86.5 Å². The van der Waals surface area contributed by atoms with Crippen molar-refractivity contribution in [3.05, 3.63) is 59.7 Å². The number of rotatable bonds is 6. The van der Waals surface area contributed by atoms with Crippen LogP contribution in [0.15, 0.2) is 53.4 Å². The second kappa shape index (κ2) is 7.28. The molecule has 2 rings (SSSR count). The van der Waals surface area contributed by atoms with Gasteiger partial charge in [0, 0.05) is 5.69 Å². The van der Waals surface area contributed by atoms with E-state index in [2.05, 4.69) is 0 Å². The maximum absolute atomic E-state index is 12.2. The minimum Gasteiger partial charge on any atom is -0.462 e. The highest BCUT2D eigenvalue weighted by molar-refractivity contribution is 7.91. The zero-order chi connectivity index (χ0) is 16.9. The van der Waals surface area contributed by atoms with Gasteiger partial charge in [0.05, 0.1) is 22.8 Å². The summed E-state index contributed by atoms with van der Waals surface area (Å²) in [6.45, 7) is 1.89. The highest BCUT2D eigenvalue weighted by Crippen LogP contribution is 2.14. The van der Waals surface area contributed by atoms with Crippen LogP contribution in [0.1, 0.15) is 22.3 Å². The molecule has 2 aromatic carbocycles. The molecular formula is C17H19NO4S. The Labute approximate surface area is 136 Å². The van der Waals surface area contributed by atoms with E-state index < -0.39 is 15.8 Å². The van der Waals surface area contributed by atoms with Gasteiger partial charge in [-0.15, -0.1) is 0 Å². The summed E-state index contributed by atoms with van der Waals surface area (Å²) in [4.78, 5) is 12.1. The lowest BCUT2D eigenvalue weighted by atomic mass is 10.2. The molecule has 122 valence electrons. The summed E-state index contributed by atoms with van der Waals surface area (Å²) in [5, 5.41) is 0. The first-order valence-electron chi connectivity index (χ1n) is 7.20. The Hall–Kier alpha value is -2.34. The number of aryl methyl sites for hydroxylation is 1. The number of ether oxygens (including phenoxy) is 1. The van der Waals surface area contributed by atoms with Crippen LogP contribution in [-0.4, -0.2) is 26.7 Å². The highest BCUT2D eigenvalue weighted by Gasteiger charge is 2.15. The Kier molecular flexibility index (Phi) is 5.39. The molecule has 0 amide bonds. The largest absolute Gasteiger partial charge is 0.462 e. The SMILES string of the molecule is Cc1cccc(S(=O)(=O)CCCOC(=O)c2ccc(N)cc2)c1. The molecule has 0 aliphatic heterocycles. The van der Waals surface area contributed by atoms with Gasteiger partial charge in [-0.05, 0) is 55.3 Å². The molecule has 0 aliphatic rings. The zero-order valence-electron chi connectivity index (χ0n) is 12.9. The second-order valence-corrected chi connectivity index (χ2v) is 7.36. The van der Waals surface area contributed by atoms with Gasteiger partial charge in [0.15, 0.2) is 9.84 Å². The molecule has 0 saturated heterocycles. The van der Waals surface area contributed by atoms with Gasteiger partial charge in [0.2, 0.25) is 0 Å². The minimum atomic E-state index is -3.36. The number of anilines is 1. The average molecular weight is 333 g/mol. The lowest BCUT2D eigenvalue weighted by Crippen LogP contribution is -2.12. The monoisotopic (exact) mass is 333 g/mol. The zero-order valence-corrected chi connectivity index (χ0v) is 13.7. The molecule has 6 heteroatoms. The van der Waals surface area contributed by atoms with E-state index in [4.69, 9.17) is 10.5 Å². The third-order valence-corrected chi connectivity index (χ3v) is 5.08. The van der Waals surface area contributed by atoms with E-state index in [9.17, 15) is 13.2 Å². The molecule has 0 heterocycles. The fourth-order valence-electron chi connectivity index (χ4n) is 2.04. The summed E-state index contributed by atoms with van der Waals surface area (Å²) in [7, 11) is -3.36. The Morgan fingerprint density at radius 3 is 2.48 bits per heavy atom. The Morgan fingerprint density at radius 2 is 1.83 bits per heavy atom. The van der Waals surface area contributed by atoms with Crippen molar-refractivity contribution in [2.75, 3.05) is 18.1 Å². The summed E-state index contributed by atoms with van der Waals surface area (Å²) in [5.41, 5.74) is 7.38. The average Bonchev–Trinajstić information content (AvgIpc) is 2.52. The van der Waals surface area contributed by atoms with E-state index in [1.54, 1.807) is 42.5 Å². The van der Waals surface area contributed by atoms with Gasteiger partial charge in [-0.1, -0.05) is 12.1 Å². The molecule has 0 fully saturated rings. The van der Waals surface area contributed by atoms with Crippen LogP contribution in [0.3, 0.4) is 0 Å². The van der Waals surface area contributed by atoms with E-state index >= 15 is 0 Å². The van der Waals surface area contributed by atoms with Gasteiger partial charge in [-0.2, -0.15) is 0 Å². The highest BCUT2D eigenvalue weighted by atomic mass is 32.2. The number of carbonyl (C=O) groups is 1. The predicted molar refractivity (Wildman–Crippen MR) is 89.0 cm³/mol. The summed E-state index contributed by atoms with van der Waals surface area (Å²) in [6, 6.07) is 13.1. The van der Waals surface area contributed by atoms with Crippen molar-refractivity contribution in [2.45, 2.75) is 18.2 Å². The van der Waals surface area contributed by atoms with Gasteiger partial charge in [-0.25, -0.2) is 13.2 Å². The first-order valence-corrected chi connectivity index (χ1v) is 8.86. The van der Waals surface area contributed by atoms with Crippen LogP contribution in [0, 0.1) is 6.92 Å². The first-order chi connectivity index (χ1) is 10.9. The Morgan fingerprint density at radius 1 is 1.13 bits per heavy atom. The summed E-state index contributed by atoms with van der Waals surface area (Å²) in [6.07, 6.45) is 0.247. The number of benzene rings is 2. The fraction of sp³-hybridized carbons (Fsp3) is 0.235. The molecule has 0 atom stereocenters. The lowest BCUT2D eigenvalue weighted by molar-refractivity contribution is 0.0505. The quantitative estimate of drug-likeness (QED) is 0.499. The maximum atomic E-state index is 12.2. The van der Waals surface area contributed by atoms with Crippen molar-refractivity contribution >= 4 is 21.5 Å². The van der Waals surface area contributed by atoms with Crippen LogP contribution in [0.25, 0.3) is 0 Å². The van der Waals surface area contributed by atoms with E-state index in [0.717, 1.165) is 5.56 Å². The molecule has 23 heavy (non-hydrogen) atoms. The Bertz CT molecular complexity index is 782. The number of nitrogen functional groups attached to an aromatic ring is 1. The van der Waals surface area contributed by atoms with Crippen LogP contribution < -0.4 is 5.73 Å². The van der Waals surface area contributed by atoms with Crippen molar-refractivity contribution in [1.82, 2.24) is 0 Å². The number of hydrogen-bond donors (Lipinski definition) is 1. The number of nitrogens with two attached hydrogens (primary N) is 1. The number of esters is 1. The third-order valence-electron chi connectivity index (χ3n) is 3.29. The molecule has 0 radical (unpaired) electrons. The number of carbonyl (C=O) groups excluding carboxylic acids is 1. The molecule has 0 aliphatic carbocycles. The Balaban J connectivity index is 1.85. The van der Waals surface area contributed by atoms with Gasteiger partial charge < -0.3 is 10.5 Å². The second-order valence-electron chi connectivity index (χ2n) is 5.25. The van der Waals surface area contributed by atoms with Crippen molar-refractivity contribution in [1.29, 1.82) is 0 Å². The van der Waals surface area contributed by atoms with E-state index in [0.29, 0.717) is 16.1 Å². The normalized spacial score (nSPS) is 11.2. The van der Waals surface area contributed by atoms with E-state index in [1.807, 2.05) is 13.0 Å². The number of sulfone groups is 1. The third kappa shape index (κ3) is 4.82. The first kappa shape index (κ1) is 17.0. The molecule has 2 N–H and O–H groups in total. The van der Waals surface area contributed by atoms with Crippen LogP contribution in [0.5, 0.6) is 0 Å². The van der Waals surface area contributed by atoms with E-state index in [1.165, 1.54) is 0 Å². The van der Waals surface area contributed by atoms with Crippen molar-refractivity contribution in [3.63, 3.8) is 0 Å². The van der Waals surface area contributed by atoms with Crippen molar-refractivity contribution in [2.24, 2.45) is 0 Å². The number of hydrogen-bond acceptors (Lipinski definition) is 5. The molecule has 0 bridgehead atoms. The molecular weight excluding hydrogens is 314 g/mol. The van der Waals surface area contributed by atoms with Gasteiger partial charge in [0.25, 0.3) is 0 Å². The molecule has 0 unspecified atom stereocenters. The molecule has 5 nitrogen and oxygen atoms in total. The van der Waals surface area contributed by atoms with Crippen molar-refractivity contribution < 1.29 is 17.9 Å². The summed E-state index contributed by atoms with van der Waals surface area (Å²) in [5.74, 6) is -0.552. The van der Waals surface area contributed by atoms with Crippen LogP contribution in [0.2, 0.25) is 0 Å². The van der Waals surface area contributed by atoms with Crippen LogP contribution in [-0.2, 0) is 14.6 Å².